The van der Waals surface area contributed by atoms with Crippen molar-refractivity contribution in [2.24, 2.45) is 35.5 Å². The van der Waals surface area contributed by atoms with Gasteiger partial charge in [-0.2, -0.15) is 0 Å². The summed E-state index contributed by atoms with van der Waals surface area (Å²) in [5.41, 5.74) is 1.24. The van der Waals surface area contributed by atoms with E-state index in [0.29, 0.717) is 12.8 Å². The number of rotatable bonds is 12. The number of hydrogen-bond acceptors (Lipinski definition) is 6. The summed E-state index contributed by atoms with van der Waals surface area (Å²) >= 11 is 0. The van der Waals surface area contributed by atoms with Crippen molar-refractivity contribution in [3.8, 4) is 0 Å². The van der Waals surface area contributed by atoms with Crippen molar-refractivity contribution in [1.29, 1.82) is 0 Å². The smallest absolute Gasteiger partial charge is 0.197 e. The predicted octanol–water partition coefficient (Wildman–Crippen LogP) is 5.83. The molecule has 1 spiro atoms. The lowest BCUT2D eigenvalue weighted by Gasteiger charge is -2.56. The number of hydrogen-bond donors (Lipinski definition) is 3. The van der Waals surface area contributed by atoms with Crippen LogP contribution in [-0.4, -0.2) is 64.8 Å². The Kier molecular flexibility index (Phi) is 13.1. The summed E-state index contributed by atoms with van der Waals surface area (Å²) in [7, 11) is 1.69. The maximum atomic E-state index is 11.4. The van der Waals surface area contributed by atoms with E-state index in [1.165, 1.54) is 5.57 Å². The highest BCUT2D eigenvalue weighted by Crippen LogP contribution is 2.47. The second-order valence-corrected chi connectivity index (χ2v) is 12.4. The number of allylic oxidation sites excluding steroid dienone is 6. The lowest BCUT2D eigenvalue weighted by molar-refractivity contribution is -0.391. The van der Waals surface area contributed by atoms with E-state index < -0.39 is 24.1 Å². The van der Waals surface area contributed by atoms with Gasteiger partial charge in [0.1, 0.15) is 6.10 Å². The molecule has 0 unspecified atom stereocenters. The maximum Gasteiger partial charge on any atom is 0.197 e. The third-order valence-electron chi connectivity index (χ3n) is 9.37. The van der Waals surface area contributed by atoms with Crippen LogP contribution < -0.4 is 0 Å². The minimum absolute atomic E-state index is 0.00526. The average Bonchev–Trinajstić information content (AvgIpc) is 2.92. The molecule has 2 rings (SSSR count). The molecule has 2 heterocycles. The standard InChI is InChI=1S/C33H56O6/c1-11-13-14-15-16-21(4)29(35)25(8)31-23(6)18-28(34)33(38-31)19-27(37-10)24(7)32(39-33)26(9)30(36)22(5)17-20(3)12-2/h11-16,21-32,34-36H,1,17-19H2,2-10H3/b14-13+,16-15-,20-12+/t21-,22-,23-,24+,25-,26+,27+,28-,29-,30-,31-,32-,33+/m0/s1. The minimum atomic E-state index is -1.26. The summed E-state index contributed by atoms with van der Waals surface area (Å²) in [6.07, 6.45) is 10.2. The van der Waals surface area contributed by atoms with E-state index in [1.807, 2.05) is 52.0 Å². The molecular weight excluding hydrogens is 492 g/mol. The Morgan fingerprint density at radius 1 is 1.03 bits per heavy atom. The van der Waals surface area contributed by atoms with Gasteiger partial charge in [-0.15, -0.1) is 0 Å². The first-order chi connectivity index (χ1) is 18.3. The first-order valence-corrected chi connectivity index (χ1v) is 14.8. The Balaban J connectivity index is 2.30. The number of aliphatic hydroxyl groups excluding tert-OH is 3. The van der Waals surface area contributed by atoms with E-state index in [9.17, 15) is 15.3 Å². The summed E-state index contributed by atoms with van der Waals surface area (Å²) in [5, 5.41) is 34.0. The van der Waals surface area contributed by atoms with Gasteiger partial charge < -0.3 is 29.5 Å². The zero-order valence-electron chi connectivity index (χ0n) is 25.8. The van der Waals surface area contributed by atoms with Gasteiger partial charge in [0, 0.05) is 37.2 Å². The number of ether oxygens (including phenoxy) is 3. The van der Waals surface area contributed by atoms with E-state index in [4.69, 9.17) is 14.2 Å². The quantitative estimate of drug-likeness (QED) is 0.210. The molecule has 2 saturated heterocycles. The molecule has 0 aromatic heterocycles. The van der Waals surface area contributed by atoms with Crippen molar-refractivity contribution in [1.82, 2.24) is 0 Å². The molecule has 0 amide bonds. The van der Waals surface area contributed by atoms with Crippen molar-refractivity contribution >= 4 is 0 Å². The fraction of sp³-hybridized carbons (Fsp3) is 0.758. The van der Waals surface area contributed by atoms with Gasteiger partial charge in [0.2, 0.25) is 0 Å². The second-order valence-electron chi connectivity index (χ2n) is 12.4. The van der Waals surface area contributed by atoms with Crippen LogP contribution in [-0.2, 0) is 14.2 Å². The third-order valence-corrected chi connectivity index (χ3v) is 9.37. The monoisotopic (exact) mass is 548 g/mol. The molecule has 3 N–H and O–H groups in total. The van der Waals surface area contributed by atoms with Gasteiger partial charge in [0.15, 0.2) is 5.79 Å². The van der Waals surface area contributed by atoms with Crippen LogP contribution in [0.1, 0.15) is 74.7 Å². The van der Waals surface area contributed by atoms with Gasteiger partial charge in [-0.05, 0) is 38.5 Å². The summed E-state index contributed by atoms with van der Waals surface area (Å²) in [6, 6.07) is 0. The van der Waals surface area contributed by atoms with Gasteiger partial charge >= 0.3 is 0 Å². The number of methoxy groups -OCH3 is 1. The molecule has 2 fully saturated rings. The molecular formula is C33H56O6. The molecule has 2 aliphatic heterocycles. The summed E-state index contributed by atoms with van der Waals surface area (Å²) in [4.78, 5) is 0. The Hall–Kier alpha value is -1.28. The molecule has 39 heavy (non-hydrogen) atoms. The van der Waals surface area contributed by atoms with E-state index >= 15 is 0 Å². The fourth-order valence-corrected chi connectivity index (χ4v) is 6.58. The van der Waals surface area contributed by atoms with Crippen molar-refractivity contribution < 1.29 is 29.5 Å². The van der Waals surface area contributed by atoms with Crippen molar-refractivity contribution in [3.63, 3.8) is 0 Å². The SMILES string of the molecule is C=C/C=C/C=C\[C@H](C)[C@H](O)[C@H](C)[C@H]1O[C@@]2(C[C@@H](OC)[C@@H](C)[C@@H]([C@H](C)[C@@H](O)[C@@H](C)C/C(C)=C/C)O2)[C@@H](O)C[C@@H]1C. The molecule has 2 aliphatic rings. The Bertz CT molecular complexity index is 851. The lowest BCUT2D eigenvalue weighted by Crippen LogP contribution is -2.65. The topological polar surface area (TPSA) is 88.4 Å². The van der Waals surface area contributed by atoms with Crippen LogP contribution in [0.2, 0.25) is 0 Å². The summed E-state index contributed by atoms with van der Waals surface area (Å²) < 4.78 is 19.4. The first kappa shape index (κ1) is 33.9. The normalized spacial score (nSPS) is 37.1. The van der Waals surface area contributed by atoms with Gasteiger partial charge in [-0.3, -0.25) is 0 Å². The summed E-state index contributed by atoms with van der Waals surface area (Å²) in [5.74, 6) is -1.64. The first-order valence-electron chi connectivity index (χ1n) is 14.8. The average molecular weight is 549 g/mol. The van der Waals surface area contributed by atoms with Crippen LogP contribution in [0.3, 0.4) is 0 Å². The van der Waals surface area contributed by atoms with Crippen LogP contribution in [0.25, 0.3) is 0 Å². The highest BCUT2D eigenvalue weighted by Gasteiger charge is 2.57. The molecule has 6 heteroatoms. The molecule has 6 nitrogen and oxygen atoms in total. The van der Waals surface area contributed by atoms with Crippen LogP contribution in [0.5, 0.6) is 0 Å². The minimum Gasteiger partial charge on any atom is -0.392 e. The van der Waals surface area contributed by atoms with Crippen LogP contribution in [0.4, 0.5) is 0 Å². The maximum absolute atomic E-state index is 11.4. The molecule has 224 valence electrons. The van der Waals surface area contributed by atoms with Gasteiger partial charge in [-0.1, -0.05) is 90.2 Å². The fourth-order valence-electron chi connectivity index (χ4n) is 6.58. The lowest BCUT2D eigenvalue weighted by atomic mass is 9.74. The van der Waals surface area contributed by atoms with Crippen LogP contribution in [0, 0.1) is 35.5 Å². The van der Waals surface area contributed by atoms with Gasteiger partial charge in [0.25, 0.3) is 0 Å². The van der Waals surface area contributed by atoms with Gasteiger partial charge in [0.05, 0.1) is 30.5 Å². The molecule has 0 aromatic carbocycles. The largest absolute Gasteiger partial charge is 0.392 e. The Morgan fingerprint density at radius 2 is 1.64 bits per heavy atom. The van der Waals surface area contributed by atoms with Crippen molar-refractivity contribution in [2.45, 2.75) is 117 Å². The Morgan fingerprint density at radius 3 is 2.23 bits per heavy atom. The van der Waals surface area contributed by atoms with Crippen molar-refractivity contribution in [3.05, 3.63) is 48.6 Å². The van der Waals surface area contributed by atoms with Crippen molar-refractivity contribution in [2.75, 3.05) is 7.11 Å². The number of aliphatic hydroxyl groups is 3. The van der Waals surface area contributed by atoms with Crippen LogP contribution in [0.15, 0.2) is 48.6 Å². The molecule has 0 aromatic rings. The molecule has 0 saturated carbocycles. The van der Waals surface area contributed by atoms with E-state index in [0.717, 1.165) is 6.42 Å². The van der Waals surface area contributed by atoms with E-state index in [1.54, 1.807) is 13.2 Å². The van der Waals surface area contributed by atoms with Gasteiger partial charge in [-0.25, -0.2) is 0 Å². The molecule has 13 atom stereocenters. The van der Waals surface area contributed by atoms with E-state index in [2.05, 4.69) is 40.3 Å². The zero-order chi connectivity index (χ0) is 29.5. The molecule has 0 aliphatic carbocycles. The molecule has 0 radical (unpaired) electrons. The van der Waals surface area contributed by atoms with Crippen LogP contribution >= 0.6 is 0 Å². The Labute approximate surface area is 237 Å². The second kappa shape index (κ2) is 15.1. The predicted molar refractivity (Wildman–Crippen MR) is 158 cm³/mol. The highest BCUT2D eigenvalue weighted by atomic mass is 16.7. The third kappa shape index (κ3) is 8.15. The van der Waals surface area contributed by atoms with E-state index in [-0.39, 0.29) is 53.8 Å². The molecule has 0 bridgehead atoms. The summed E-state index contributed by atoms with van der Waals surface area (Å²) in [6.45, 7) is 20.0. The zero-order valence-corrected chi connectivity index (χ0v) is 25.8. The highest BCUT2D eigenvalue weighted by molar-refractivity contribution is 5.10.